The van der Waals surface area contributed by atoms with Gasteiger partial charge in [0.15, 0.2) is 0 Å². The van der Waals surface area contributed by atoms with Crippen LogP contribution in [0.2, 0.25) is 0 Å². The van der Waals surface area contributed by atoms with Gasteiger partial charge in [0.1, 0.15) is 0 Å². The van der Waals surface area contributed by atoms with Crippen molar-refractivity contribution in [1.82, 2.24) is 4.90 Å². The van der Waals surface area contributed by atoms with Gasteiger partial charge in [-0.15, -0.1) is 0 Å². The minimum atomic E-state index is 0.0554. The number of carbonyl (C=O) groups is 1. The summed E-state index contributed by atoms with van der Waals surface area (Å²) in [4.78, 5) is 14.4. The Balaban J connectivity index is 1.85. The molecule has 1 saturated carbocycles. The maximum Gasteiger partial charge on any atom is 0.238 e. The number of nitrogens with one attached hydrogen (secondary N) is 1. The van der Waals surface area contributed by atoms with E-state index >= 15 is 0 Å². The zero-order valence-corrected chi connectivity index (χ0v) is 12.4. The summed E-state index contributed by atoms with van der Waals surface area (Å²) in [6.07, 6.45) is 2.62. The monoisotopic (exact) mass is 275 g/mol. The molecule has 4 heteroatoms. The van der Waals surface area contributed by atoms with E-state index in [4.69, 9.17) is 5.73 Å². The Kier molecular flexibility index (Phi) is 5.15. The Morgan fingerprint density at radius 1 is 1.35 bits per heavy atom. The molecule has 0 atom stereocenters. The maximum absolute atomic E-state index is 12.1. The van der Waals surface area contributed by atoms with E-state index in [1.807, 2.05) is 24.3 Å². The molecule has 3 N–H and O–H groups in total. The molecule has 4 nitrogen and oxygen atoms in total. The fourth-order valence-electron chi connectivity index (χ4n) is 2.20. The van der Waals surface area contributed by atoms with Crippen molar-refractivity contribution in [3.8, 4) is 0 Å². The molecule has 1 fully saturated rings. The van der Waals surface area contributed by atoms with Gasteiger partial charge in [0, 0.05) is 24.8 Å². The molecular formula is C16H25N3O. The zero-order chi connectivity index (χ0) is 14.5. The van der Waals surface area contributed by atoms with Gasteiger partial charge in [-0.25, -0.2) is 0 Å². The predicted molar refractivity (Wildman–Crippen MR) is 82.4 cm³/mol. The van der Waals surface area contributed by atoms with Gasteiger partial charge in [-0.05, 0) is 50.3 Å². The van der Waals surface area contributed by atoms with Crippen LogP contribution in [0.15, 0.2) is 24.3 Å². The van der Waals surface area contributed by atoms with Crippen LogP contribution in [0, 0.1) is 5.92 Å². The van der Waals surface area contributed by atoms with Crippen molar-refractivity contribution < 1.29 is 4.79 Å². The fourth-order valence-corrected chi connectivity index (χ4v) is 2.20. The minimum absolute atomic E-state index is 0.0554. The van der Waals surface area contributed by atoms with E-state index in [0.717, 1.165) is 23.7 Å². The van der Waals surface area contributed by atoms with E-state index in [1.165, 1.54) is 12.8 Å². The van der Waals surface area contributed by atoms with Gasteiger partial charge < -0.3 is 11.1 Å². The van der Waals surface area contributed by atoms with Crippen molar-refractivity contribution in [3.05, 3.63) is 29.8 Å². The summed E-state index contributed by atoms with van der Waals surface area (Å²) in [5.41, 5.74) is 7.46. The van der Waals surface area contributed by atoms with Crippen LogP contribution < -0.4 is 11.1 Å². The second-order valence-electron chi connectivity index (χ2n) is 5.92. The summed E-state index contributed by atoms with van der Waals surface area (Å²) in [6, 6.07) is 8.10. The van der Waals surface area contributed by atoms with E-state index < -0.39 is 0 Å². The molecule has 1 aliphatic carbocycles. The van der Waals surface area contributed by atoms with Crippen molar-refractivity contribution in [1.29, 1.82) is 0 Å². The first-order chi connectivity index (χ1) is 9.58. The topological polar surface area (TPSA) is 58.4 Å². The van der Waals surface area contributed by atoms with E-state index in [2.05, 4.69) is 24.1 Å². The molecule has 20 heavy (non-hydrogen) atoms. The molecule has 0 unspecified atom stereocenters. The molecule has 0 aliphatic heterocycles. The highest BCUT2D eigenvalue weighted by molar-refractivity contribution is 5.92. The predicted octanol–water partition coefficient (Wildman–Crippen LogP) is 2.20. The number of nitrogens with two attached hydrogens (primary N) is 1. The molecule has 0 bridgehead atoms. The first kappa shape index (κ1) is 15.0. The molecule has 1 aromatic carbocycles. The molecule has 1 aliphatic rings. The molecule has 0 radical (unpaired) electrons. The summed E-state index contributed by atoms with van der Waals surface area (Å²) < 4.78 is 0. The molecule has 0 aromatic heterocycles. The quantitative estimate of drug-likeness (QED) is 0.802. The maximum atomic E-state index is 12.1. The second-order valence-corrected chi connectivity index (χ2v) is 5.92. The smallest absolute Gasteiger partial charge is 0.238 e. The number of nitrogens with zero attached hydrogens (tertiary/aromatic N) is 1. The Morgan fingerprint density at radius 2 is 2.00 bits per heavy atom. The van der Waals surface area contributed by atoms with Gasteiger partial charge in [-0.1, -0.05) is 12.1 Å². The first-order valence-corrected chi connectivity index (χ1v) is 7.41. The van der Waals surface area contributed by atoms with Gasteiger partial charge >= 0.3 is 0 Å². The highest BCUT2D eigenvalue weighted by atomic mass is 16.2. The van der Waals surface area contributed by atoms with Crippen LogP contribution in [0.5, 0.6) is 0 Å². The normalized spacial score (nSPS) is 14.8. The van der Waals surface area contributed by atoms with Gasteiger partial charge in [-0.3, -0.25) is 9.69 Å². The molecule has 0 heterocycles. The van der Waals surface area contributed by atoms with Crippen molar-refractivity contribution in [3.63, 3.8) is 0 Å². The van der Waals surface area contributed by atoms with Gasteiger partial charge in [0.2, 0.25) is 5.91 Å². The Hall–Kier alpha value is -1.39. The lowest BCUT2D eigenvalue weighted by atomic mass is 10.2. The van der Waals surface area contributed by atoms with Crippen molar-refractivity contribution >= 4 is 11.6 Å². The average molecular weight is 275 g/mol. The number of rotatable bonds is 7. The number of anilines is 1. The Bertz CT molecular complexity index is 438. The highest BCUT2D eigenvalue weighted by Gasteiger charge is 2.26. The van der Waals surface area contributed by atoms with E-state index in [0.29, 0.717) is 19.1 Å². The van der Waals surface area contributed by atoms with E-state index in [1.54, 1.807) is 0 Å². The largest absolute Gasteiger partial charge is 0.326 e. The number of hydrogen-bond donors (Lipinski definition) is 2. The number of benzene rings is 1. The third-order valence-electron chi connectivity index (χ3n) is 3.74. The molecule has 0 spiro atoms. The minimum Gasteiger partial charge on any atom is -0.326 e. The SMILES string of the molecule is CC(C)N(CC(=O)Nc1ccc(CN)cc1)CC1CC1. The van der Waals surface area contributed by atoms with Crippen LogP contribution >= 0.6 is 0 Å². The molecule has 2 rings (SSSR count). The van der Waals surface area contributed by atoms with Crippen molar-refractivity contribution in [2.75, 3.05) is 18.4 Å². The number of hydrogen-bond acceptors (Lipinski definition) is 3. The summed E-state index contributed by atoms with van der Waals surface area (Å²) in [5.74, 6) is 0.855. The molecule has 1 amide bonds. The second kappa shape index (κ2) is 6.86. The van der Waals surface area contributed by atoms with Gasteiger partial charge in [0.25, 0.3) is 0 Å². The lowest BCUT2D eigenvalue weighted by molar-refractivity contribution is -0.117. The number of amides is 1. The van der Waals surface area contributed by atoms with Crippen LogP contribution in [-0.4, -0.2) is 29.9 Å². The van der Waals surface area contributed by atoms with Crippen LogP contribution in [0.1, 0.15) is 32.3 Å². The molecule has 1 aromatic rings. The van der Waals surface area contributed by atoms with E-state index in [-0.39, 0.29) is 5.91 Å². The Labute approximate surface area is 121 Å². The average Bonchev–Trinajstić information content (AvgIpc) is 3.22. The molecule has 0 saturated heterocycles. The van der Waals surface area contributed by atoms with Crippen molar-refractivity contribution in [2.24, 2.45) is 11.7 Å². The summed E-state index contributed by atoms with van der Waals surface area (Å²) in [5, 5.41) is 2.95. The van der Waals surface area contributed by atoms with Crippen LogP contribution in [0.25, 0.3) is 0 Å². The highest BCUT2D eigenvalue weighted by Crippen LogP contribution is 2.30. The van der Waals surface area contributed by atoms with Crippen LogP contribution in [0.4, 0.5) is 5.69 Å². The molecular weight excluding hydrogens is 250 g/mol. The lowest BCUT2D eigenvalue weighted by Gasteiger charge is -2.25. The summed E-state index contributed by atoms with van der Waals surface area (Å²) in [7, 11) is 0. The summed E-state index contributed by atoms with van der Waals surface area (Å²) in [6.45, 7) is 6.32. The lowest BCUT2D eigenvalue weighted by Crippen LogP contribution is -2.39. The first-order valence-electron chi connectivity index (χ1n) is 7.41. The van der Waals surface area contributed by atoms with E-state index in [9.17, 15) is 4.79 Å². The van der Waals surface area contributed by atoms with Crippen LogP contribution in [-0.2, 0) is 11.3 Å². The van der Waals surface area contributed by atoms with Gasteiger partial charge in [0.05, 0.1) is 6.54 Å². The fraction of sp³-hybridized carbons (Fsp3) is 0.562. The van der Waals surface area contributed by atoms with Gasteiger partial charge in [-0.2, -0.15) is 0 Å². The number of carbonyl (C=O) groups excluding carboxylic acids is 1. The molecule has 110 valence electrons. The zero-order valence-electron chi connectivity index (χ0n) is 12.4. The van der Waals surface area contributed by atoms with Crippen LogP contribution in [0.3, 0.4) is 0 Å². The standard InChI is InChI=1S/C16H25N3O/c1-12(2)19(10-14-3-4-14)11-16(20)18-15-7-5-13(9-17)6-8-15/h5-8,12,14H,3-4,9-11,17H2,1-2H3,(H,18,20). The Morgan fingerprint density at radius 3 is 2.50 bits per heavy atom. The third kappa shape index (κ3) is 4.62. The third-order valence-corrected chi connectivity index (χ3v) is 3.74. The summed E-state index contributed by atoms with van der Waals surface area (Å²) >= 11 is 0. The van der Waals surface area contributed by atoms with Crippen molar-refractivity contribution in [2.45, 2.75) is 39.3 Å².